The number of nitrogens with two attached hydrogens (primary N) is 1. The Bertz CT molecular complexity index is 824. The molecule has 2 amide bonds. The Hall–Kier alpha value is -3.29. The van der Waals surface area contributed by atoms with Gasteiger partial charge in [0.15, 0.2) is 6.61 Å². The Morgan fingerprint density at radius 2 is 1.81 bits per heavy atom. The molecule has 2 rings (SSSR count). The number of rotatable bonds is 7. The molecule has 2 aromatic rings. The molecule has 138 valence electrons. The molecular formula is C18H21N3O5. The summed E-state index contributed by atoms with van der Waals surface area (Å²) in [4.78, 5) is 34.4. The fourth-order valence-electron chi connectivity index (χ4n) is 2.54. The van der Waals surface area contributed by atoms with Crippen LogP contribution >= 0.6 is 0 Å². The van der Waals surface area contributed by atoms with Crippen molar-refractivity contribution >= 4 is 17.8 Å². The van der Waals surface area contributed by atoms with Crippen LogP contribution in [-0.2, 0) is 14.3 Å². The molecule has 3 N–H and O–H groups in total. The van der Waals surface area contributed by atoms with Crippen molar-refractivity contribution in [1.82, 2.24) is 9.88 Å². The van der Waals surface area contributed by atoms with Gasteiger partial charge in [-0.1, -0.05) is 0 Å². The first-order valence-corrected chi connectivity index (χ1v) is 7.89. The summed E-state index contributed by atoms with van der Waals surface area (Å²) in [6.07, 6.45) is 0. The molecule has 8 heteroatoms. The number of benzene rings is 1. The van der Waals surface area contributed by atoms with E-state index in [9.17, 15) is 14.4 Å². The van der Waals surface area contributed by atoms with E-state index in [0.717, 1.165) is 17.1 Å². The zero-order valence-electron chi connectivity index (χ0n) is 14.9. The summed E-state index contributed by atoms with van der Waals surface area (Å²) in [6, 6.07) is 9.12. The van der Waals surface area contributed by atoms with Gasteiger partial charge in [-0.25, -0.2) is 4.79 Å². The second kappa shape index (κ2) is 8.19. The number of primary amides is 1. The van der Waals surface area contributed by atoms with Gasteiger partial charge in [-0.2, -0.15) is 0 Å². The minimum atomic E-state index is -0.673. The van der Waals surface area contributed by atoms with Crippen molar-refractivity contribution in [3.63, 3.8) is 0 Å². The lowest BCUT2D eigenvalue weighted by Gasteiger charge is -2.11. The molecule has 0 fully saturated rings. The number of amides is 2. The number of nitrogens with zero attached hydrogens (tertiary/aromatic N) is 1. The van der Waals surface area contributed by atoms with E-state index in [-0.39, 0.29) is 6.54 Å². The second-order valence-electron chi connectivity index (χ2n) is 5.64. The van der Waals surface area contributed by atoms with Crippen molar-refractivity contribution in [2.45, 2.75) is 13.8 Å². The van der Waals surface area contributed by atoms with Crippen molar-refractivity contribution in [2.75, 3.05) is 20.3 Å². The van der Waals surface area contributed by atoms with E-state index in [2.05, 4.69) is 5.32 Å². The first-order chi connectivity index (χ1) is 12.3. The highest BCUT2D eigenvalue weighted by atomic mass is 16.5. The van der Waals surface area contributed by atoms with E-state index in [1.807, 2.05) is 35.8 Å². The highest BCUT2D eigenvalue weighted by molar-refractivity contribution is 5.93. The molecule has 1 aromatic carbocycles. The molecule has 0 radical (unpaired) electrons. The monoisotopic (exact) mass is 359 g/mol. The topological polar surface area (TPSA) is 113 Å². The molecule has 1 heterocycles. The van der Waals surface area contributed by atoms with E-state index >= 15 is 0 Å². The standard InChI is InChI=1S/C18H21N3O5/c1-11-8-15(18(24)26-10-17(23)20-9-16(19)22)12(2)21(11)13-4-6-14(25-3)7-5-13/h4-8H,9-10H2,1-3H3,(H2,19,22)(H,20,23). The van der Waals surface area contributed by atoms with Crippen molar-refractivity contribution in [3.05, 3.63) is 47.3 Å². The van der Waals surface area contributed by atoms with E-state index in [4.69, 9.17) is 15.2 Å². The number of carbonyl (C=O) groups is 3. The van der Waals surface area contributed by atoms with Crippen LogP contribution in [0.15, 0.2) is 30.3 Å². The van der Waals surface area contributed by atoms with Gasteiger partial charge in [-0.05, 0) is 44.2 Å². The summed E-state index contributed by atoms with van der Waals surface area (Å²) in [5.41, 5.74) is 7.70. The summed E-state index contributed by atoms with van der Waals surface area (Å²) in [5.74, 6) is -1.15. The van der Waals surface area contributed by atoms with E-state index in [1.54, 1.807) is 20.1 Å². The number of aromatic nitrogens is 1. The molecular weight excluding hydrogens is 338 g/mol. The average Bonchev–Trinajstić information content (AvgIpc) is 2.92. The van der Waals surface area contributed by atoms with E-state index in [1.165, 1.54) is 0 Å². The van der Waals surface area contributed by atoms with Crippen LogP contribution in [0.3, 0.4) is 0 Å². The molecule has 1 aromatic heterocycles. The number of aryl methyl sites for hydroxylation is 1. The first kappa shape index (κ1) is 19.0. The number of hydrogen-bond donors (Lipinski definition) is 2. The van der Waals surface area contributed by atoms with Crippen LogP contribution in [0.2, 0.25) is 0 Å². The zero-order valence-corrected chi connectivity index (χ0v) is 14.9. The van der Waals surface area contributed by atoms with Crippen molar-refractivity contribution < 1.29 is 23.9 Å². The quantitative estimate of drug-likeness (QED) is 0.712. The maximum Gasteiger partial charge on any atom is 0.340 e. The molecule has 0 spiro atoms. The van der Waals surface area contributed by atoms with Gasteiger partial charge < -0.3 is 25.1 Å². The molecule has 8 nitrogen and oxygen atoms in total. The highest BCUT2D eigenvalue weighted by Crippen LogP contribution is 2.23. The molecule has 0 unspecified atom stereocenters. The number of carbonyl (C=O) groups excluding carboxylic acids is 3. The van der Waals surface area contributed by atoms with Crippen molar-refractivity contribution in [2.24, 2.45) is 5.73 Å². The number of methoxy groups -OCH3 is 1. The number of esters is 1. The van der Waals surface area contributed by atoms with Crippen LogP contribution in [0, 0.1) is 13.8 Å². The summed E-state index contributed by atoms with van der Waals surface area (Å²) < 4.78 is 12.1. The lowest BCUT2D eigenvalue weighted by molar-refractivity contribution is -0.127. The molecule has 0 aliphatic carbocycles. The summed E-state index contributed by atoms with van der Waals surface area (Å²) in [6.45, 7) is 2.87. The largest absolute Gasteiger partial charge is 0.497 e. The smallest absolute Gasteiger partial charge is 0.340 e. The third-order valence-corrected chi connectivity index (χ3v) is 3.78. The maximum atomic E-state index is 12.3. The van der Waals surface area contributed by atoms with Gasteiger partial charge in [0.2, 0.25) is 5.91 Å². The maximum absolute atomic E-state index is 12.3. The summed E-state index contributed by atoms with van der Waals surface area (Å²) in [5, 5.41) is 2.25. The third-order valence-electron chi connectivity index (χ3n) is 3.78. The Balaban J connectivity index is 2.11. The Morgan fingerprint density at radius 1 is 1.15 bits per heavy atom. The minimum absolute atomic E-state index is 0.303. The van der Waals surface area contributed by atoms with Crippen LogP contribution in [0.25, 0.3) is 5.69 Å². The summed E-state index contributed by atoms with van der Waals surface area (Å²) >= 11 is 0. The van der Waals surface area contributed by atoms with Crippen LogP contribution in [-0.4, -0.2) is 42.6 Å². The fourth-order valence-corrected chi connectivity index (χ4v) is 2.54. The molecule has 0 aliphatic heterocycles. The Labute approximate surface area is 150 Å². The van der Waals surface area contributed by atoms with Crippen molar-refractivity contribution in [3.8, 4) is 11.4 Å². The molecule has 0 saturated heterocycles. The highest BCUT2D eigenvalue weighted by Gasteiger charge is 2.19. The second-order valence-corrected chi connectivity index (χ2v) is 5.64. The fraction of sp³-hybridized carbons (Fsp3) is 0.278. The number of hydrogen-bond acceptors (Lipinski definition) is 5. The van der Waals surface area contributed by atoms with Crippen molar-refractivity contribution in [1.29, 1.82) is 0 Å². The average molecular weight is 359 g/mol. The number of ether oxygens (including phenoxy) is 2. The van der Waals surface area contributed by atoms with Gasteiger partial charge in [0, 0.05) is 17.1 Å². The van der Waals surface area contributed by atoms with Gasteiger partial charge in [-0.3, -0.25) is 9.59 Å². The molecule has 0 aliphatic rings. The van der Waals surface area contributed by atoms with Gasteiger partial charge in [0.05, 0.1) is 19.2 Å². The zero-order chi connectivity index (χ0) is 19.3. The normalized spacial score (nSPS) is 10.3. The predicted molar refractivity (Wildman–Crippen MR) is 94.3 cm³/mol. The molecule has 0 bridgehead atoms. The molecule has 0 atom stereocenters. The minimum Gasteiger partial charge on any atom is -0.497 e. The van der Waals surface area contributed by atoms with Crippen LogP contribution in [0.5, 0.6) is 5.75 Å². The molecule has 26 heavy (non-hydrogen) atoms. The SMILES string of the molecule is COc1ccc(-n2c(C)cc(C(=O)OCC(=O)NCC(N)=O)c2C)cc1. The van der Waals surface area contributed by atoms with Gasteiger partial charge in [0.25, 0.3) is 5.91 Å². The van der Waals surface area contributed by atoms with E-state index < -0.39 is 24.4 Å². The molecule has 0 saturated carbocycles. The first-order valence-electron chi connectivity index (χ1n) is 7.89. The Kier molecular flexibility index (Phi) is 6.00. The number of nitrogens with one attached hydrogen (secondary N) is 1. The van der Waals surface area contributed by atoms with Gasteiger partial charge >= 0.3 is 5.97 Å². The lowest BCUT2D eigenvalue weighted by atomic mass is 10.2. The summed E-state index contributed by atoms with van der Waals surface area (Å²) in [7, 11) is 1.59. The van der Waals surface area contributed by atoms with Crippen LogP contribution in [0.1, 0.15) is 21.7 Å². The van der Waals surface area contributed by atoms with Crippen LogP contribution in [0.4, 0.5) is 0 Å². The van der Waals surface area contributed by atoms with E-state index in [0.29, 0.717) is 11.3 Å². The Morgan fingerprint density at radius 3 is 2.38 bits per heavy atom. The van der Waals surface area contributed by atoms with Gasteiger partial charge in [0.1, 0.15) is 5.75 Å². The van der Waals surface area contributed by atoms with Gasteiger partial charge in [-0.15, -0.1) is 0 Å². The van der Waals surface area contributed by atoms with Crippen LogP contribution < -0.4 is 15.8 Å². The predicted octanol–water partition coefficient (Wildman–Crippen LogP) is 0.861. The lowest BCUT2D eigenvalue weighted by Crippen LogP contribution is -2.36. The third kappa shape index (κ3) is 4.41.